The molecular weight excluding hydrogens is 298 g/mol. The monoisotopic (exact) mass is 311 g/mol. The normalized spacial score (nSPS) is 11.6. The summed E-state index contributed by atoms with van der Waals surface area (Å²) in [5, 5.41) is 14.0. The van der Waals surface area contributed by atoms with Gasteiger partial charge in [-0.1, -0.05) is 23.7 Å². The summed E-state index contributed by atoms with van der Waals surface area (Å²) in [5.41, 5.74) is 8.85. The zero-order chi connectivity index (χ0) is 15.5. The summed E-state index contributed by atoms with van der Waals surface area (Å²) in [6.07, 6.45) is 1.67. The molecule has 0 atom stereocenters. The number of halogens is 1. The molecule has 110 valence electrons. The molecule has 22 heavy (non-hydrogen) atoms. The Balaban J connectivity index is 1.85. The Morgan fingerprint density at radius 3 is 2.59 bits per heavy atom. The van der Waals surface area contributed by atoms with Gasteiger partial charge in [-0.25, -0.2) is 4.98 Å². The molecule has 1 heterocycles. The molecule has 0 aliphatic carbocycles. The van der Waals surface area contributed by atoms with E-state index in [1.807, 2.05) is 24.3 Å². The Kier molecular flexibility index (Phi) is 3.85. The lowest BCUT2D eigenvalue weighted by Gasteiger charge is -2.06. The van der Waals surface area contributed by atoms with Gasteiger partial charge in [0.25, 0.3) is 0 Å². The molecule has 0 saturated carbocycles. The van der Waals surface area contributed by atoms with Gasteiger partial charge in [0.15, 0.2) is 0 Å². The van der Waals surface area contributed by atoms with Crippen LogP contribution in [0.2, 0.25) is 5.02 Å². The van der Waals surface area contributed by atoms with Gasteiger partial charge in [0.05, 0.1) is 16.9 Å². The number of aromatic nitrogens is 1. The smallest absolute Gasteiger partial charge is 0.115 e. The van der Waals surface area contributed by atoms with Gasteiger partial charge in [0.1, 0.15) is 5.75 Å². The molecule has 3 rings (SSSR count). The number of benzene rings is 2. The van der Waals surface area contributed by atoms with E-state index in [1.165, 1.54) is 0 Å². The maximum absolute atomic E-state index is 9.25. The fourth-order valence-corrected chi connectivity index (χ4v) is 2.21. The molecular formula is C17H14ClN3O. The van der Waals surface area contributed by atoms with Crippen molar-refractivity contribution in [3.63, 3.8) is 0 Å². The quantitative estimate of drug-likeness (QED) is 0.640. The largest absolute Gasteiger partial charge is 0.508 e. The Morgan fingerprint density at radius 2 is 1.82 bits per heavy atom. The summed E-state index contributed by atoms with van der Waals surface area (Å²) in [6.45, 7) is 0. The van der Waals surface area contributed by atoms with Crippen LogP contribution < -0.4 is 11.1 Å². The van der Waals surface area contributed by atoms with E-state index in [0.29, 0.717) is 16.4 Å². The Hall–Kier alpha value is -2.72. The van der Waals surface area contributed by atoms with E-state index >= 15 is 0 Å². The number of nitrogens with two attached hydrogens (primary N) is 1. The third-order valence-electron chi connectivity index (χ3n) is 3.21. The van der Waals surface area contributed by atoms with Crippen molar-refractivity contribution in [2.24, 2.45) is 5.73 Å². The predicted octanol–water partition coefficient (Wildman–Crippen LogP) is 3.96. The van der Waals surface area contributed by atoms with Crippen molar-refractivity contribution in [3.05, 3.63) is 71.5 Å². The number of phenols is 1. The highest BCUT2D eigenvalue weighted by Gasteiger charge is 2.02. The molecule has 0 aliphatic rings. The summed E-state index contributed by atoms with van der Waals surface area (Å²) in [7, 11) is 0. The highest BCUT2D eigenvalue weighted by atomic mass is 35.5. The highest BCUT2D eigenvalue weighted by molar-refractivity contribution is 6.31. The van der Waals surface area contributed by atoms with Crippen LogP contribution in [0.1, 0.15) is 5.69 Å². The van der Waals surface area contributed by atoms with E-state index in [1.54, 1.807) is 36.5 Å². The van der Waals surface area contributed by atoms with Crippen LogP contribution in [0, 0.1) is 0 Å². The number of aromatic hydroxyl groups is 1. The van der Waals surface area contributed by atoms with Crippen molar-refractivity contribution >= 4 is 33.9 Å². The Morgan fingerprint density at radius 1 is 1.09 bits per heavy atom. The molecule has 0 amide bonds. The second-order valence-corrected chi connectivity index (χ2v) is 5.26. The first kappa shape index (κ1) is 14.2. The minimum absolute atomic E-state index is 0.218. The molecule has 0 fully saturated rings. The van der Waals surface area contributed by atoms with Gasteiger partial charge in [-0.3, -0.25) is 0 Å². The van der Waals surface area contributed by atoms with Gasteiger partial charge in [-0.05, 0) is 42.5 Å². The van der Waals surface area contributed by atoms with Crippen LogP contribution in [-0.2, 0) is 0 Å². The Bertz CT molecular complexity index is 844. The molecule has 5 heteroatoms. The van der Waals surface area contributed by atoms with Gasteiger partial charge in [0.2, 0.25) is 0 Å². The van der Waals surface area contributed by atoms with Gasteiger partial charge in [-0.2, -0.15) is 0 Å². The average molecular weight is 312 g/mol. The lowest BCUT2D eigenvalue weighted by atomic mass is 10.2. The van der Waals surface area contributed by atoms with Crippen molar-refractivity contribution in [3.8, 4) is 5.75 Å². The summed E-state index contributed by atoms with van der Waals surface area (Å²) < 4.78 is 0. The first-order valence-electron chi connectivity index (χ1n) is 6.70. The van der Waals surface area contributed by atoms with E-state index < -0.39 is 0 Å². The molecule has 2 aromatic carbocycles. The number of hydrogen-bond acceptors (Lipinski definition) is 4. The molecule has 4 nitrogen and oxygen atoms in total. The fraction of sp³-hybridized carbons (Fsp3) is 0. The van der Waals surface area contributed by atoms with E-state index in [-0.39, 0.29) is 5.75 Å². The Labute approximate surface area is 132 Å². The summed E-state index contributed by atoms with van der Waals surface area (Å²) in [5.74, 6) is 0.218. The summed E-state index contributed by atoms with van der Waals surface area (Å²) >= 11 is 5.99. The third kappa shape index (κ3) is 3.13. The molecule has 3 aromatic rings. The van der Waals surface area contributed by atoms with Crippen LogP contribution in [0.5, 0.6) is 5.75 Å². The molecule has 0 bridgehead atoms. The number of pyridine rings is 1. The SMILES string of the molecule is N/C(=C\Nc1ccc(O)cc1)c1ccc2ccc(Cl)cc2n1. The predicted molar refractivity (Wildman–Crippen MR) is 90.6 cm³/mol. The van der Waals surface area contributed by atoms with Crippen LogP contribution in [-0.4, -0.2) is 10.1 Å². The van der Waals surface area contributed by atoms with Crippen molar-refractivity contribution < 1.29 is 5.11 Å². The van der Waals surface area contributed by atoms with Gasteiger partial charge >= 0.3 is 0 Å². The second-order valence-electron chi connectivity index (χ2n) is 4.82. The number of anilines is 1. The highest BCUT2D eigenvalue weighted by Crippen LogP contribution is 2.20. The molecule has 0 unspecified atom stereocenters. The van der Waals surface area contributed by atoms with Gasteiger partial charge in [0, 0.05) is 22.3 Å². The number of rotatable bonds is 3. The fourth-order valence-electron chi connectivity index (χ4n) is 2.04. The molecule has 0 radical (unpaired) electrons. The minimum atomic E-state index is 0.218. The second kappa shape index (κ2) is 5.95. The first-order chi connectivity index (χ1) is 10.6. The zero-order valence-corrected chi connectivity index (χ0v) is 12.4. The maximum atomic E-state index is 9.25. The van der Waals surface area contributed by atoms with Crippen LogP contribution >= 0.6 is 11.6 Å². The van der Waals surface area contributed by atoms with E-state index in [4.69, 9.17) is 17.3 Å². The van der Waals surface area contributed by atoms with Crippen LogP contribution in [0.4, 0.5) is 5.69 Å². The van der Waals surface area contributed by atoms with E-state index in [0.717, 1.165) is 16.6 Å². The van der Waals surface area contributed by atoms with Crippen molar-refractivity contribution in [2.75, 3.05) is 5.32 Å². The minimum Gasteiger partial charge on any atom is -0.508 e. The summed E-state index contributed by atoms with van der Waals surface area (Å²) in [6, 6.07) is 16.1. The molecule has 0 spiro atoms. The summed E-state index contributed by atoms with van der Waals surface area (Å²) in [4.78, 5) is 4.50. The van der Waals surface area contributed by atoms with Crippen LogP contribution in [0.25, 0.3) is 16.6 Å². The molecule has 4 N–H and O–H groups in total. The maximum Gasteiger partial charge on any atom is 0.115 e. The van der Waals surface area contributed by atoms with Crippen LogP contribution in [0.15, 0.2) is 60.8 Å². The number of nitrogens with one attached hydrogen (secondary N) is 1. The van der Waals surface area contributed by atoms with E-state index in [9.17, 15) is 5.11 Å². The van der Waals surface area contributed by atoms with E-state index in [2.05, 4.69) is 10.3 Å². The number of phenolic OH excluding ortho intramolecular Hbond substituents is 1. The number of nitrogens with zero attached hydrogens (tertiary/aromatic N) is 1. The standard InChI is InChI=1S/C17H14ClN3O/c18-12-3-1-11-2-8-16(21-17(11)9-12)15(19)10-20-13-4-6-14(22)7-5-13/h1-10,20,22H,19H2/b15-10-. The molecule has 1 aromatic heterocycles. The van der Waals surface area contributed by atoms with Gasteiger partial charge < -0.3 is 16.2 Å². The van der Waals surface area contributed by atoms with Gasteiger partial charge in [-0.15, -0.1) is 0 Å². The lowest BCUT2D eigenvalue weighted by molar-refractivity contribution is 0.475. The van der Waals surface area contributed by atoms with Crippen LogP contribution in [0.3, 0.4) is 0 Å². The zero-order valence-electron chi connectivity index (χ0n) is 11.6. The van der Waals surface area contributed by atoms with Crippen molar-refractivity contribution in [2.45, 2.75) is 0 Å². The first-order valence-corrected chi connectivity index (χ1v) is 7.07. The number of hydrogen-bond donors (Lipinski definition) is 3. The lowest BCUT2D eigenvalue weighted by Crippen LogP contribution is -2.02. The molecule has 0 saturated heterocycles. The third-order valence-corrected chi connectivity index (χ3v) is 3.45. The van der Waals surface area contributed by atoms with Crippen molar-refractivity contribution in [1.82, 2.24) is 4.98 Å². The topological polar surface area (TPSA) is 71.2 Å². The van der Waals surface area contributed by atoms with Crippen molar-refractivity contribution in [1.29, 1.82) is 0 Å². The molecule has 0 aliphatic heterocycles. The average Bonchev–Trinajstić information content (AvgIpc) is 2.53. The number of fused-ring (bicyclic) bond motifs is 1.